The molecule has 0 bridgehead atoms. The number of aliphatic hydroxyl groups excluding tert-OH is 1. The number of rotatable bonds is 5. The number of benzene rings is 2. The molecule has 6 nitrogen and oxygen atoms in total. The molecule has 7 heteroatoms. The van der Waals surface area contributed by atoms with E-state index in [1.54, 1.807) is 48.8 Å². The largest absolute Gasteiger partial charge is 0.507 e. The predicted octanol–water partition coefficient (Wildman–Crippen LogP) is 3.85. The fourth-order valence-corrected chi connectivity index (χ4v) is 3.62. The molecule has 1 amide bonds. The Balaban J connectivity index is 1.84. The number of hydrogen-bond acceptors (Lipinski definition) is 5. The molecule has 156 valence electrons. The van der Waals surface area contributed by atoms with Crippen molar-refractivity contribution in [1.82, 2.24) is 9.88 Å². The van der Waals surface area contributed by atoms with Gasteiger partial charge < -0.3 is 14.7 Å². The fraction of sp³-hybridized carbons (Fsp3) is 0.125. The first-order valence-corrected chi connectivity index (χ1v) is 9.57. The Morgan fingerprint density at radius 2 is 1.68 bits per heavy atom. The minimum absolute atomic E-state index is 0.0455. The number of hydrogen-bond donors (Lipinski definition) is 1. The van der Waals surface area contributed by atoms with Gasteiger partial charge in [-0.05, 0) is 59.7 Å². The molecule has 1 fully saturated rings. The Morgan fingerprint density at radius 3 is 2.29 bits per heavy atom. The van der Waals surface area contributed by atoms with Crippen molar-refractivity contribution in [3.8, 4) is 5.75 Å². The number of aromatic nitrogens is 1. The third-order valence-electron chi connectivity index (χ3n) is 5.19. The van der Waals surface area contributed by atoms with Crippen LogP contribution in [0.1, 0.15) is 22.7 Å². The molecule has 1 aliphatic heterocycles. The zero-order chi connectivity index (χ0) is 22.0. The molecule has 2 aromatic carbocycles. The number of nitrogens with zero attached hydrogens (tertiary/aromatic N) is 2. The average molecular weight is 418 g/mol. The molecule has 3 aromatic rings. The van der Waals surface area contributed by atoms with E-state index in [1.807, 2.05) is 0 Å². The number of methoxy groups -OCH3 is 1. The maximum atomic E-state index is 13.5. The molecule has 1 unspecified atom stereocenters. The molecule has 1 atom stereocenters. The Kier molecular flexibility index (Phi) is 5.49. The van der Waals surface area contributed by atoms with Gasteiger partial charge in [0, 0.05) is 24.5 Å². The first kappa shape index (κ1) is 20.3. The molecule has 0 radical (unpaired) electrons. The van der Waals surface area contributed by atoms with E-state index in [4.69, 9.17) is 4.74 Å². The number of ether oxygens (including phenoxy) is 1. The number of aliphatic hydroxyl groups is 1. The third kappa shape index (κ3) is 3.90. The van der Waals surface area contributed by atoms with Gasteiger partial charge in [0.2, 0.25) is 0 Å². The van der Waals surface area contributed by atoms with Crippen LogP contribution in [-0.2, 0) is 16.1 Å². The molecule has 0 saturated carbocycles. The molecule has 1 aliphatic rings. The van der Waals surface area contributed by atoms with Crippen molar-refractivity contribution < 1.29 is 23.8 Å². The molecule has 4 rings (SSSR count). The molecule has 1 aromatic heterocycles. The summed E-state index contributed by atoms with van der Waals surface area (Å²) in [6.45, 7) is 0.133. The standard InChI is InChI=1S/C24H19FN2O4/c1-31-19-8-4-17(5-9-19)22(28)20-21(16-2-6-18(25)7-3-16)27(24(30)23(20)29)14-15-10-12-26-13-11-15/h2-13,21,28H,14H2,1H3. The van der Waals surface area contributed by atoms with Crippen LogP contribution in [0.3, 0.4) is 0 Å². The number of ketones is 1. The normalized spacial score (nSPS) is 17.7. The first-order chi connectivity index (χ1) is 15.0. The highest BCUT2D eigenvalue weighted by atomic mass is 19.1. The summed E-state index contributed by atoms with van der Waals surface area (Å²) in [6, 6.07) is 14.7. The van der Waals surface area contributed by atoms with Gasteiger partial charge in [0.1, 0.15) is 17.3 Å². The number of carbonyl (C=O) groups is 2. The fourth-order valence-electron chi connectivity index (χ4n) is 3.62. The molecular weight excluding hydrogens is 399 g/mol. The van der Waals surface area contributed by atoms with Crippen LogP contribution >= 0.6 is 0 Å². The highest BCUT2D eigenvalue weighted by Crippen LogP contribution is 2.40. The van der Waals surface area contributed by atoms with Gasteiger partial charge in [-0.2, -0.15) is 0 Å². The lowest BCUT2D eigenvalue weighted by Gasteiger charge is -2.25. The number of likely N-dealkylation sites (tertiary alicyclic amines) is 1. The topological polar surface area (TPSA) is 79.7 Å². The lowest BCUT2D eigenvalue weighted by Crippen LogP contribution is -2.29. The van der Waals surface area contributed by atoms with Gasteiger partial charge in [0.25, 0.3) is 11.7 Å². The van der Waals surface area contributed by atoms with Crippen molar-refractivity contribution in [2.75, 3.05) is 7.11 Å². The minimum atomic E-state index is -0.865. The lowest BCUT2D eigenvalue weighted by atomic mass is 9.95. The van der Waals surface area contributed by atoms with Crippen LogP contribution in [0.15, 0.2) is 78.6 Å². The second-order valence-electron chi connectivity index (χ2n) is 7.06. The summed E-state index contributed by atoms with van der Waals surface area (Å²) in [4.78, 5) is 31.2. The number of amides is 1. The van der Waals surface area contributed by atoms with Crippen molar-refractivity contribution in [1.29, 1.82) is 0 Å². The van der Waals surface area contributed by atoms with Gasteiger partial charge in [-0.15, -0.1) is 0 Å². The highest BCUT2D eigenvalue weighted by Gasteiger charge is 2.46. The Bertz CT molecular complexity index is 1140. The van der Waals surface area contributed by atoms with Crippen LogP contribution in [0.25, 0.3) is 5.76 Å². The summed E-state index contributed by atoms with van der Waals surface area (Å²) in [5.74, 6) is -1.68. The van der Waals surface area contributed by atoms with E-state index in [9.17, 15) is 19.1 Å². The molecule has 0 aliphatic carbocycles. The predicted molar refractivity (Wildman–Crippen MR) is 111 cm³/mol. The van der Waals surface area contributed by atoms with Crippen LogP contribution < -0.4 is 4.74 Å². The van der Waals surface area contributed by atoms with Gasteiger partial charge in [-0.25, -0.2) is 4.39 Å². The Labute approximate surface area is 178 Å². The number of carbonyl (C=O) groups excluding carboxylic acids is 2. The molecule has 0 spiro atoms. The number of pyridine rings is 1. The van der Waals surface area contributed by atoms with E-state index in [1.165, 1.54) is 36.3 Å². The van der Waals surface area contributed by atoms with Crippen molar-refractivity contribution in [2.45, 2.75) is 12.6 Å². The monoisotopic (exact) mass is 418 g/mol. The van der Waals surface area contributed by atoms with E-state index < -0.39 is 23.5 Å². The van der Waals surface area contributed by atoms with Gasteiger partial charge >= 0.3 is 0 Å². The molecular formula is C24H19FN2O4. The van der Waals surface area contributed by atoms with Crippen molar-refractivity contribution in [3.63, 3.8) is 0 Å². The summed E-state index contributed by atoms with van der Waals surface area (Å²) in [5.41, 5.74) is 1.61. The van der Waals surface area contributed by atoms with E-state index in [0.717, 1.165) is 5.56 Å². The zero-order valence-electron chi connectivity index (χ0n) is 16.7. The summed E-state index contributed by atoms with van der Waals surface area (Å²) in [7, 11) is 1.52. The molecule has 1 saturated heterocycles. The second-order valence-corrected chi connectivity index (χ2v) is 7.06. The number of halogens is 1. The van der Waals surface area contributed by atoms with Crippen LogP contribution in [0.2, 0.25) is 0 Å². The quantitative estimate of drug-likeness (QED) is 0.387. The number of Topliss-reactive ketones (excluding diaryl/α,β-unsaturated/α-hetero) is 1. The average Bonchev–Trinajstić information content (AvgIpc) is 3.05. The smallest absolute Gasteiger partial charge is 0.295 e. The van der Waals surface area contributed by atoms with Gasteiger partial charge in [-0.3, -0.25) is 14.6 Å². The van der Waals surface area contributed by atoms with Gasteiger partial charge in [0.15, 0.2) is 0 Å². The first-order valence-electron chi connectivity index (χ1n) is 9.57. The van der Waals surface area contributed by atoms with Gasteiger partial charge in [-0.1, -0.05) is 12.1 Å². The van der Waals surface area contributed by atoms with Crippen LogP contribution in [0.4, 0.5) is 4.39 Å². The van der Waals surface area contributed by atoms with Crippen LogP contribution in [0.5, 0.6) is 5.75 Å². The van der Waals surface area contributed by atoms with Crippen LogP contribution in [-0.4, -0.2) is 33.8 Å². The maximum absolute atomic E-state index is 13.5. The van der Waals surface area contributed by atoms with E-state index in [2.05, 4.69) is 4.98 Å². The molecule has 31 heavy (non-hydrogen) atoms. The summed E-state index contributed by atoms with van der Waals surface area (Å²) in [5, 5.41) is 11.0. The van der Waals surface area contributed by atoms with Gasteiger partial charge in [0.05, 0.1) is 18.7 Å². The minimum Gasteiger partial charge on any atom is -0.507 e. The third-order valence-corrected chi connectivity index (χ3v) is 5.19. The second kappa shape index (κ2) is 8.39. The summed E-state index contributed by atoms with van der Waals surface area (Å²) < 4.78 is 18.7. The summed E-state index contributed by atoms with van der Waals surface area (Å²) in [6.07, 6.45) is 3.19. The molecule has 1 N–H and O–H groups in total. The Morgan fingerprint density at radius 1 is 1.03 bits per heavy atom. The van der Waals surface area contributed by atoms with Crippen LogP contribution in [0, 0.1) is 5.82 Å². The highest BCUT2D eigenvalue weighted by molar-refractivity contribution is 6.46. The van der Waals surface area contributed by atoms with Crippen molar-refractivity contribution in [3.05, 3.63) is 101 Å². The van der Waals surface area contributed by atoms with Crippen molar-refractivity contribution >= 4 is 17.4 Å². The lowest BCUT2D eigenvalue weighted by molar-refractivity contribution is -0.140. The van der Waals surface area contributed by atoms with E-state index in [-0.39, 0.29) is 17.9 Å². The Hall–Kier alpha value is -4.00. The zero-order valence-corrected chi connectivity index (χ0v) is 16.7. The summed E-state index contributed by atoms with van der Waals surface area (Å²) >= 11 is 0. The SMILES string of the molecule is COc1ccc(C(O)=C2C(=O)C(=O)N(Cc3ccncc3)C2c2ccc(F)cc2)cc1. The molecule has 2 heterocycles. The van der Waals surface area contributed by atoms with E-state index in [0.29, 0.717) is 16.9 Å². The van der Waals surface area contributed by atoms with E-state index >= 15 is 0 Å². The van der Waals surface area contributed by atoms with Crippen molar-refractivity contribution in [2.24, 2.45) is 0 Å². The maximum Gasteiger partial charge on any atom is 0.295 e.